The molecule has 7 heteroatoms. The highest BCUT2D eigenvalue weighted by Crippen LogP contribution is 2.31. The van der Waals surface area contributed by atoms with Crippen molar-refractivity contribution in [1.82, 2.24) is 9.71 Å². The molecule has 2 unspecified atom stereocenters. The summed E-state index contributed by atoms with van der Waals surface area (Å²) in [4.78, 5) is 14.9. The van der Waals surface area contributed by atoms with Gasteiger partial charge in [-0.1, -0.05) is 6.42 Å². The van der Waals surface area contributed by atoms with E-state index in [0.29, 0.717) is 6.42 Å². The highest BCUT2D eigenvalue weighted by molar-refractivity contribution is 7.89. The van der Waals surface area contributed by atoms with Gasteiger partial charge in [-0.25, -0.2) is 13.1 Å². The molecular formula is C12H16N2O4S. The van der Waals surface area contributed by atoms with Gasteiger partial charge in [0.1, 0.15) is 4.90 Å². The zero-order valence-corrected chi connectivity index (χ0v) is 11.1. The van der Waals surface area contributed by atoms with Crippen LogP contribution in [0.5, 0.6) is 0 Å². The normalized spacial score (nSPS) is 23.4. The van der Waals surface area contributed by atoms with Crippen molar-refractivity contribution in [2.45, 2.75) is 24.2 Å². The van der Waals surface area contributed by atoms with Crippen LogP contribution in [0.3, 0.4) is 0 Å². The minimum Gasteiger partial charge on any atom is -0.481 e. The van der Waals surface area contributed by atoms with Crippen LogP contribution < -0.4 is 4.72 Å². The summed E-state index contributed by atoms with van der Waals surface area (Å²) in [6, 6.07) is 3.00. The van der Waals surface area contributed by atoms with E-state index in [-0.39, 0.29) is 17.4 Å². The number of aliphatic carboxylic acids is 1. The third kappa shape index (κ3) is 3.30. The lowest BCUT2D eigenvalue weighted by Gasteiger charge is -2.16. The molecule has 2 atom stereocenters. The van der Waals surface area contributed by atoms with Crippen LogP contribution >= 0.6 is 0 Å². The van der Waals surface area contributed by atoms with Gasteiger partial charge in [0, 0.05) is 18.9 Å². The van der Waals surface area contributed by atoms with Crippen LogP contribution in [0.2, 0.25) is 0 Å². The average Bonchev–Trinajstić information content (AvgIpc) is 2.86. The number of carbonyl (C=O) groups is 1. The molecule has 0 amide bonds. The Labute approximate surface area is 111 Å². The van der Waals surface area contributed by atoms with Crippen LogP contribution in [0.15, 0.2) is 29.4 Å². The first-order valence-electron chi connectivity index (χ1n) is 6.13. The first-order chi connectivity index (χ1) is 9.00. The van der Waals surface area contributed by atoms with Crippen molar-refractivity contribution < 1.29 is 18.3 Å². The number of carboxylic acids is 1. The molecule has 19 heavy (non-hydrogen) atoms. The minimum absolute atomic E-state index is 0.0971. The van der Waals surface area contributed by atoms with E-state index in [1.165, 1.54) is 18.5 Å². The van der Waals surface area contributed by atoms with Gasteiger partial charge in [-0.2, -0.15) is 0 Å². The average molecular weight is 284 g/mol. The lowest BCUT2D eigenvalue weighted by Crippen LogP contribution is -2.33. The Kier molecular flexibility index (Phi) is 4.16. The van der Waals surface area contributed by atoms with Crippen molar-refractivity contribution in [1.29, 1.82) is 0 Å². The van der Waals surface area contributed by atoms with Crippen LogP contribution in [0.1, 0.15) is 19.3 Å². The molecule has 104 valence electrons. The minimum atomic E-state index is -3.60. The summed E-state index contributed by atoms with van der Waals surface area (Å²) in [7, 11) is -3.60. The molecule has 1 saturated carbocycles. The second kappa shape index (κ2) is 5.66. The van der Waals surface area contributed by atoms with E-state index in [2.05, 4.69) is 9.71 Å². The van der Waals surface area contributed by atoms with E-state index in [1.807, 2.05) is 0 Å². The smallest absolute Gasteiger partial charge is 0.306 e. The van der Waals surface area contributed by atoms with E-state index in [9.17, 15) is 13.2 Å². The molecule has 1 heterocycles. The maximum atomic E-state index is 12.0. The van der Waals surface area contributed by atoms with E-state index < -0.39 is 21.9 Å². The Bertz CT molecular complexity index is 544. The number of pyridine rings is 1. The fourth-order valence-corrected chi connectivity index (χ4v) is 3.47. The second-order valence-corrected chi connectivity index (χ2v) is 6.44. The molecule has 1 aliphatic carbocycles. The Morgan fingerprint density at radius 3 is 2.89 bits per heavy atom. The molecular weight excluding hydrogens is 268 g/mol. The Morgan fingerprint density at radius 1 is 1.47 bits per heavy atom. The van der Waals surface area contributed by atoms with Gasteiger partial charge in [-0.05, 0) is 30.9 Å². The van der Waals surface area contributed by atoms with Gasteiger partial charge in [0.05, 0.1) is 5.92 Å². The molecule has 1 aromatic heterocycles. The molecule has 0 bridgehead atoms. The summed E-state index contributed by atoms with van der Waals surface area (Å²) in [5.41, 5.74) is 0. The van der Waals surface area contributed by atoms with Crippen molar-refractivity contribution in [3.63, 3.8) is 0 Å². The zero-order valence-electron chi connectivity index (χ0n) is 10.3. The number of nitrogens with one attached hydrogen (secondary N) is 1. The number of sulfonamides is 1. The molecule has 0 aliphatic heterocycles. The van der Waals surface area contributed by atoms with Crippen LogP contribution in [-0.4, -0.2) is 31.0 Å². The maximum absolute atomic E-state index is 12.0. The molecule has 0 radical (unpaired) electrons. The fraction of sp³-hybridized carbons (Fsp3) is 0.500. The van der Waals surface area contributed by atoms with Gasteiger partial charge in [-0.3, -0.25) is 9.78 Å². The third-order valence-corrected chi connectivity index (χ3v) is 4.87. The number of hydrogen-bond donors (Lipinski definition) is 2. The lowest BCUT2D eigenvalue weighted by molar-refractivity contribution is -0.142. The van der Waals surface area contributed by atoms with Gasteiger partial charge in [-0.15, -0.1) is 0 Å². The van der Waals surface area contributed by atoms with Crippen molar-refractivity contribution in [2.24, 2.45) is 11.8 Å². The van der Waals surface area contributed by atoms with Gasteiger partial charge in [0.15, 0.2) is 0 Å². The van der Waals surface area contributed by atoms with E-state index in [0.717, 1.165) is 12.8 Å². The third-order valence-electron chi connectivity index (χ3n) is 3.46. The van der Waals surface area contributed by atoms with Crippen molar-refractivity contribution in [3.05, 3.63) is 24.5 Å². The molecule has 0 saturated heterocycles. The molecule has 1 aromatic rings. The molecule has 1 fully saturated rings. The summed E-state index contributed by atoms with van der Waals surface area (Å²) in [6.07, 6.45) is 4.96. The monoisotopic (exact) mass is 284 g/mol. The maximum Gasteiger partial charge on any atom is 0.306 e. The number of nitrogens with zero attached hydrogens (tertiary/aromatic N) is 1. The Morgan fingerprint density at radius 2 is 2.26 bits per heavy atom. The Balaban J connectivity index is 2.01. The quantitative estimate of drug-likeness (QED) is 0.836. The fourth-order valence-electron chi connectivity index (χ4n) is 2.41. The topological polar surface area (TPSA) is 96.4 Å². The largest absolute Gasteiger partial charge is 0.481 e. The molecule has 1 aliphatic rings. The van der Waals surface area contributed by atoms with Gasteiger partial charge in [0.25, 0.3) is 0 Å². The predicted molar refractivity (Wildman–Crippen MR) is 67.9 cm³/mol. The van der Waals surface area contributed by atoms with Crippen molar-refractivity contribution >= 4 is 16.0 Å². The standard InChI is InChI=1S/C12H16N2O4S/c15-12(16)11-5-1-3-9(11)7-14-19(17,18)10-4-2-6-13-8-10/h2,4,6,8-9,11,14H,1,3,5,7H2,(H,15,16). The van der Waals surface area contributed by atoms with E-state index in [4.69, 9.17) is 5.11 Å². The Hall–Kier alpha value is -1.47. The summed E-state index contributed by atoms with van der Waals surface area (Å²) in [5, 5.41) is 9.04. The number of carboxylic acid groups (broad SMARTS) is 1. The SMILES string of the molecule is O=C(O)C1CCCC1CNS(=O)(=O)c1cccnc1. The lowest BCUT2D eigenvalue weighted by atomic mass is 9.97. The molecule has 2 N–H and O–H groups in total. The number of hydrogen-bond acceptors (Lipinski definition) is 4. The zero-order chi connectivity index (χ0) is 13.9. The molecule has 2 rings (SSSR count). The first-order valence-corrected chi connectivity index (χ1v) is 7.61. The van der Waals surface area contributed by atoms with E-state index >= 15 is 0 Å². The summed E-state index contributed by atoms with van der Waals surface area (Å²) in [5.74, 6) is -1.43. The van der Waals surface area contributed by atoms with Gasteiger partial charge in [0.2, 0.25) is 10.0 Å². The van der Waals surface area contributed by atoms with Crippen molar-refractivity contribution in [2.75, 3.05) is 6.54 Å². The second-order valence-electron chi connectivity index (χ2n) is 4.68. The first kappa shape index (κ1) is 14.0. The van der Waals surface area contributed by atoms with Crippen LogP contribution in [0, 0.1) is 11.8 Å². The highest BCUT2D eigenvalue weighted by atomic mass is 32.2. The molecule has 0 spiro atoms. The summed E-state index contributed by atoms with van der Waals surface area (Å²) < 4.78 is 26.4. The van der Waals surface area contributed by atoms with Crippen molar-refractivity contribution in [3.8, 4) is 0 Å². The predicted octanol–water partition coefficient (Wildman–Crippen LogP) is 0.861. The molecule has 0 aromatic carbocycles. The van der Waals surface area contributed by atoms with Crippen LogP contribution in [0.4, 0.5) is 0 Å². The molecule has 6 nitrogen and oxygen atoms in total. The summed E-state index contributed by atoms with van der Waals surface area (Å²) >= 11 is 0. The van der Waals surface area contributed by atoms with Gasteiger partial charge < -0.3 is 5.11 Å². The van der Waals surface area contributed by atoms with Gasteiger partial charge >= 0.3 is 5.97 Å². The number of aromatic nitrogens is 1. The van der Waals surface area contributed by atoms with E-state index in [1.54, 1.807) is 6.07 Å². The summed E-state index contributed by atoms with van der Waals surface area (Å²) in [6.45, 7) is 0.161. The number of rotatable bonds is 5. The highest BCUT2D eigenvalue weighted by Gasteiger charge is 2.33. The van der Waals surface area contributed by atoms with Crippen LogP contribution in [-0.2, 0) is 14.8 Å². The van der Waals surface area contributed by atoms with Crippen LogP contribution in [0.25, 0.3) is 0 Å².